The summed E-state index contributed by atoms with van der Waals surface area (Å²) >= 11 is 7.98. The van der Waals surface area contributed by atoms with Crippen molar-refractivity contribution in [3.05, 3.63) is 47.5 Å². The molecule has 0 aliphatic heterocycles. The van der Waals surface area contributed by atoms with Gasteiger partial charge in [-0.3, -0.25) is 0 Å². The number of fused-ring (bicyclic) bond motifs is 1. The fourth-order valence-electron chi connectivity index (χ4n) is 4.21. The van der Waals surface area contributed by atoms with Crippen molar-refractivity contribution >= 4 is 31.9 Å². The average molecular weight is 354 g/mol. The maximum Gasteiger partial charge on any atom is 0.0942 e. The van der Waals surface area contributed by atoms with E-state index in [2.05, 4.69) is 68.3 Å². The Hall–Kier alpha value is -0.0800. The van der Waals surface area contributed by atoms with Crippen LogP contribution in [0.15, 0.2) is 36.4 Å². The van der Waals surface area contributed by atoms with Crippen molar-refractivity contribution in [2.45, 2.75) is 28.9 Å². The van der Waals surface area contributed by atoms with Crippen molar-refractivity contribution in [1.82, 2.24) is 0 Å². The largest absolute Gasteiger partial charge is 0.0942 e. The van der Waals surface area contributed by atoms with Gasteiger partial charge in [-0.25, -0.2) is 0 Å². The second kappa shape index (κ2) is 3.08. The van der Waals surface area contributed by atoms with Crippen molar-refractivity contribution in [2.24, 2.45) is 10.8 Å². The summed E-state index contributed by atoms with van der Waals surface area (Å²) in [5.41, 5.74) is 3.92. The summed E-state index contributed by atoms with van der Waals surface area (Å²) in [7, 11) is 0. The number of rotatable bonds is 0. The lowest BCUT2D eigenvalue weighted by Gasteiger charge is -2.32. The maximum absolute atomic E-state index is 3.99. The zero-order valence-electron chi connectivity index (χ0n) is 9.55. The Balaban J connectivity index is 1.89. The van der Waals surface area contributed by atoms with E-state index in [4.69, 9.17) is 0 Å². The monoisotopic (exact) mass is 352 g/mol. The van der Waals surface area contributed by atoms with Crippen LogP contribution in [0.5, 0.6) is 0 Å². The molecule has 0 bridgehead atoms. The molecule has 0 unspecified atom stereocenters. The normalized spacial score (nSPS) is 40.1. The van der Waals surface area contributed by atoms with Gasteiger partial charge in [0, 0.05) is 10.8 Å². The molecule has 0 spiro atoms. The van der Waals surface area contributed by atoms with E-state index in [1.165, 1.54) is 25.7 Å². The van der Waals surface area contributed by atoms with E-state index in [0.717, 1.165) is 0 Å². The zero-order valence-corrected chi connectivity index (χ0v) is 12.7. The summed E-state index contributed by atoms with van der Waals surface area (Å²) in [4.78, 5) is 0. The molecule has 17 heavy (non-hydrogen) atoms. The molecule has 0 N–H and O–H groups in total. The molecule has 0 aromatic heterocycles. The van der Waals surface area contributed by atoms with Gasteiger partial charge < -0.3 is 0 Å². The summed E-state index contributed by atoms with van der Waals surface area (Å²) in [6.45, 7) is 0. The van der Waals surface area contributed by atoms with Crippen molar-refractivity contribution in [3.8, 4) is 0 Å². The summed E-state index contributed by atoms with van der Waals surface area (Å²) in [5, 5.41) is 0. The quantitative estimate of drug-likeness (QED) is 0.472. The summed E-state index contributed by atoms with van der Waals surface area (Å²) < 4.78 is 0.141. The maximum atomic E-state index is 3.99. The van der Waals surface area contributed by atoms with E-state index < -0.39 is 0 Å². The van der Waals surface area contributed by atoms with Crippen molar-refractivity contribution in [2.75, 3.05) is 0 Å². The predicted molar refractivity (Wildman–Crippen MR) is 77.7 cm³/mol. The van der Waals surface area contributed by atoms with Gasteiger partial charge in [0.15, 0.2) is 0 Å². The summed E-state index contributed by atoms with van der Waals surface area (Å²) in [6, 6.07) is 8.96. The lowest BCUT2D eigenvalue weighted by Crippen LogP contribution is -2.26. The molecule has 0 heterocycles. The molecule has 2 atom stereocenters. The molecule has 4 rings (SSSR count). The van der Waals surface area contributed by atoms with E-state index >= 15 is 0 Å². The molecule has 1 aromatic rings. The molecular weight excluding hydrogens is 340 g/mol. The Bertz CT molecular complexity index is 486. The van der Waals surface area contributed by atoms with Crippen LogP contribution in [0.2, 0.25) is 0 Å². The molecule has 1 aromatic carbocycles. The Morgan fingerprint density at radius 2 is 1.29 bits per heavy atom. The van der Waals surface area contributed by atoms with E-state index in [0.29, 0.717) is 10.8 Å². The lowest BCUT2D eigenvalue weighted by molar-refractivity contribution is 0.300. The summed E-state index contributed by atoms with van der Waals surface area (Å²) in [5.74, 6) is 0. The van der Waals surface area contributed by atoms with Gasteiger partial charge in [0.25, 0.3) is 0 Å². The molecule has 0 nitrogen and oxygen atoms in total. The van der Waals surface area contributed by atoms with Crippen LogP contribution in [-0.2, 0) is 12.8 Å². The molecule has 3 aliphatic rings. The highest BCUT2D eigenvalue weighted by Gasteiger charge is 2.84. The molecule has 0 saturated heterocycles. The number of alkyl halides is 2. The second-order valence-electron chi connectivity index (χ2n) is 5.74. The smallest absolute Gasteiger partial charge is 0.0878 e. The SMILES string of the molecule is BrC1(Br)[C@@]23CC=CC[C@]12Cc1ccccc1C3. The van der Waals surface area contributed by atoms with Crippen LogP contribution in [0.4, 0.5) is 0 Å². The van der Waals surface area contributed by atoms with E-state index in [1.807, 2.05) is 0 Å². The van der Waals surface area contributed by atoms with Crippen LogP contribution in [0.25, 0.3) is 0 Å². The highest BCUT2D eigenvalue weighted by atomic mass is 79.9. The minimum absolute atomic E-state index is 0.141. The molecule has 88 valence electrons. The van der Waals surface area contributed by atoms with Gasteiger partial charge in [0.2, 0.25) is 0 Å². The van der Waals surface area contributed by atoms with Crippen molar-refractivity contribution in [3.63, 3.8) is 0 Å². The fraction of sp³-hybridized carbons (Fsp3) is 0.467. The Kier molecular flexibility index (Phi) is 1.96. The van der Waals surface area contributed by atoms with Crippen LogP contribution in [0.1, 0.15) is 24.0 Å². The third-order valence-corrected chi connectivity index (χ3v) is 8.29. The first-order valence-corrected chi connectivity index (χ1v) is 7.81. The van der Waals surface area contributed by atoms with E-state index in [1.54, 1.807) is 11.1 Å². The van der Waals surface area contributed by atoms with Gasteiger partial charge in [-0.2, -0.15) is 0 Å². The zero-order chi connectivity index (χ0) is 11.7. The minimum Gasteiger partial charge on any atom is -0.0878 e. The van der Waals surface area contributed by atoms with Gasteiger partial charge in [0.1, 0.15) is 0 Å². The lowest BCUT2D eigenvalue weighted by atomic mass is 9.71. The number of hydrogen-bond donors (Lipinski definition) is 0. The van der Waals surface area contributed by atoms with Gasteiger partial charge in [-0.15, -0.1) is 0 Å². The highest BCUT2D eigenvalue weighted by molar-refractivity contribution is 9.25. The Morgan fingerprint density at radius 1 is 0.824 bits per heavy atom. The minimum atomic E-state index is 0.141. The summed E-state index contributed by atoms with van der Waals surface area (Å²) in [6.07, 6.45) is 9.58. The average Bonchev–Trinajstić information content (AvgIpc) is 2.78. The molecule has 0 radical (unpaired) electrons. The van der Waals surface area contributed by atoms with E-state index in [9.17, 15) is 0 Å². The standard InChI is InChI=1S/C15H14Br2/c16-15(17)13-7-3-4-8-14(13,15)10-12-6-2-1-5-11(12)9-13/h1-6H,7-10H2/t13-,14-/m1/s1. The van der Waals surface area contributed by atoms with E-state index in [-0.39, 0.29) is 3.23 Å². The highest BCUT2D eigenvalue weighted by Crippen LogP contribution is 2.86. The molecule has 1 fully saturated rings. The van der Waals surface area contributed by atoms with Gasteiger partial charge in [-0.1, -0.05) is 68.3 Å². The molecule has 2 heteroatoms. The topological polar surface area (TPSA) is 0 Å². The number of allylic oxidation sites excluding steroid dienone is 2. The first-order chi connectivity index (χ1) is 8.13. The first-order valence-electron chi connectivity index (χ1n) is 6.23. The van der Waals surface area contributed by atoms with Crippen LogP contribution >= 0.6 is 31.9 Å². The molecular formula is C15H14Br2. The van der Waals surface area contributed by atoms with Gasteiger partial charge >= 0.3 is 0 Å². The number of benzene rings is 1. The second-order valence-corrected chi connectivity index (χ2v) is 9.18. The van der Waals surface area contributed by atoms with Crippen LogP contribution in [0, 0.1) is 10.8 Å². The Morgan fingerprint density at radius 3 is 1.76 bits per heavy atom. The van der Waals surface area contributed by atoms with Crippen molar-refractivity contribution < 1.29 is 0 Å². The van der Waals surface area contributed by atoms with Crippen LogP contribution < -0.4 is 0 Å². The molecule has 1 saturated carbocycles. The number of hydrogen-bond acceptors (Lipinski definition) is 0. The third-order valence-electron chi connectivity index (χ3n) is 5.26. The predicted octanol–water partition coefficient (Wildman–Crippen LogP) is 4.61. The molecule has 0 amide bonds. The third kappa shape index (κ3) is 1.02. The van der Waals surface area contributed by atoms with Gasteiger partial charge in [0.05, 0.1) is 3.23 Å². The van der Waals surface area contributed by atoms with Crippen molar-refractivity contribution in [1.29, 1.82) is 0 Å². The van der Waals surface area contributed by atoms with Crippen LogP contribution in [0.3, 0.4) is 0 Å². The Labute approximate surface area is 119 Å². The fourth-order valence-corrected chi connectivity index (χ4v) is 6.74. The molecule has 3 aliphatic carbocycles. The first kappa shape index (κ1) is 10.8. The van der Waals surface area contributed by atoms with Crippen LogP contribution in [-0.4, -0.2) is 3.23 Å². The number of halogens is 2. The van der Waals surface area contributed by atoms with Gasteiger partial charge in [-0.05, 0) is 36.8 Å².